The Balaban J connectivity index is 1.28. The molecule has 0 bridgehead atoms. The van der Waals surface area contributed by atoms with Crippen molar-refractivity contribution in [1.82, 2.24) is 19.4 Å². The molecule has 0 radical (unpaired) electrons. The molecule has 2 aromatic rings. The molecule has 2 aliphatic heterocycles. The summed E-state index contributed by atoms with van der Waals surface area (Å²) in [4.78, 5) is 29.2. The summed E-state index contributed by atoms with van der Waals surface area (Å²) in [5.74, 6) is 0.134. The second-order valence-corrected chi connectivity index (χ2v) is 11.4. The Bertz CT molecular complexity index is 1130. The maximum Gasteiger partial charge on any atom is 0.243 e. The Morgan fingerprint density at radius 2 is 1.59 bits per heavy atom. The first-order valence-corrected chi connectivity index (χ1v) is 13.5. The lowest BCUT2D eigenvalue weighted by molar-refractivity contribution is -0.134. The van der Waals surface area contributed by atoms with Crippen LogP contribution >= 0.6 is 0 Å². The molecule has 2 heterocycles. The third kappa shape index (κ3) is 5.59. The van der Waals surface area contributed by atoms with Gasteiger partial charge in [-0.3, -0.25) is 14.5 Å². The van der Waals surface area contributed by atoms with Gasteiger partial charge < -0.3 is 10.2 Å². The number of hydrogen-bond acceptors (Lipinski definition) is 5. The van der Waals surface area contributed by atoms with E-state index in [1.807, 2.05) is 44.2 Å². The molecule has 2 amide bonds. The maximum absolute atomic E-state index is 13.2. The second kappa shape index (κ2) is 10.4. The number of piperidine rings is 1. The number of hydrogen-bond donors (Lipinski definition) is 1. The number of benzene rings is 2. The predicted octanol–water partition coefficient (Wildman–Crippen LogP) is 1.91. The highest BCUT2D eigenvalue weighted by atomic mass is 32.2. The van der Waals surface area contributed by atoms with Crippen molar-refractivity contribution in [2.45, 2.75) is 37.6 Å². The number of fused-ring (bicyclic) bond motifs is 1. The lowest BCUT2D eigenvalue weighted by Gasteiger charge is -2.36. The largest absolute Gasteiger partial charge is 0.354 e. The van der Waals surface area contributed by atoms with Crippen molar-refractivity contribution < 1.29 is 18.0 Å². The summed E-state index contributed by atoms with van der Waals surface area (Å²) in [5, 5.41) is 4.86. The van der Waals surface area contributed by atoms with Crippen molar-refractivity contribution in [1.29, 1.82) is 0 Å². The van der Waals surface area contributed by atoms with Crippen molar-refractivity contribution in [3.8, 4) is 0 Å². The average molecular weight is 487 g/mol. The van der Waals surface area contributed by atoms with Crippen LogP contribution in [0.5, 0.6) is 0 Å². The van der Waals surface area contributed by atoms with Gasteiger partial charge in [-0.15, -0.1) is 0 Å². The zero-order chi connectivity index (χ0) is 24.3. The molecule has 0 aromatic heterocycles. The molecule has 0 atom stereocenters. The Hall–Kier alpha value is -2.49. The van der Waals surface area contributed by atoms with E-state index in [4.69, 9.17) is 0 Å². The van der Waals surface area contributed by atoms with Gasteiger partial charge in [0.1, 0.15) is 0 Å². The van der Waals surface area contributed by atoms with Gasteiger partial charge in [-0.1, -0.05) is 30.3 Å². The summed E-state index contributed by atoms with van der Waals surface area (Å²) >= 11 is 0. The molecule has 8 nitrogen and oxygen atoms in total. The number of nitrogens with one attached hydrogen (secondary N) is 1. The van der Waals surface area contributed by atoms with Crippen LogP contribution in [0, 0.1) is 5.92 Å². The second-order valence-electron chi connectivity index (χ2n) is 9.51. The van der Waals surface area contributed by atoms with Crippen molar-refractivity contribution in [3.63, 3.8) is 0 Å². The van der Waals surface area contributed by atoms with Crippen molar-refractivity contribution in [3.05, 3.63) is 42.5 Å². The summed E-state index contributed by atoms with van der Waals surface area (Å²) in [5.41, 5.74) is 0. The van der Waals surface area contributed by atoms with Crippen LogP contribution in [0.25, 0.3) is 10.8 Å². The van der Waals surface area contributed by atoms with Gasteiger partial charge in [0.15, 0.2) is 0 Å². The molecule has 0 saturated carbocycles. The highest BCUT2D eigenvalue weighted by molar-refractivity contribution is 7.89. The van der Waals surface area contributed by atoms with Crippen LogP contribution in [0.3, 0.4) is 0 Å². The molecule has 0 spiro atoms. The first-order valence-electron chi connectivity index (χ1n) is 12.0. The number of rotatable bonds is 6. The van der Waals surface area contributed by atoms with Gasteiger partial charge in [0.05, 0.1) is 11.4 Å². The van der Waals surface area contributed by atoms with Crippen LogP contribution in [0.4, 0.5) is 0 Å². The Kier molecular flexibility index (Phi) is 7.54. The van der Waals surface area contributed by atoms with Crippen molar-refractivity contribution >= 4 is 32.6 Å². The van der Waals surface area contributed by atoms with E-state index in [2.05, 4.69) is 10.2 Å². The zero-order valence-electron chi connectivity index (χ0n) is 19.9. The molecule has 4 rings (SSSR count). The van der Waals surface area contributed by atoms with E-state index in [0.717, 1.165) is 36.7 Å². The number of likely N-dealkylation sites (tertiary alicyclic amines) is 1. The number of carbonyl (C=O) groups is 2. The van der Waals surface area contributed by atoms with E-state index in [9.17, 15) is 18.0 Å². The molecule has 2 aromatic carbocycles. The third-order valence-corrected chi connectivity index (χ3v) is 8.59. The van der Waals surface area contributed by atoms with Crippen LogP contribution < -0.4 is 5.32 Å². The van der Waals surface area contributed by atoms with E-state index in [1.165, 1.54) is 4.31 Å². The lowest BCUT2D eigenvalue weighted by atomic mass is 9.95. The monoisotopic (exact) mass is 486 g/mol. The minimum Gasteiger partial charge on any atom is -0.354 e. The van der Waals surface area contributed by atoms with Crippen molar-refractivity contribution in [2.75, 3.05) is 45.8 Å². The Labute approximate surface area is 201 Å². The molecule has 1 N–H and O–H groups in total. The molecule has 2 aliphatic rings. The predicted molar refractivity (Wildman–Crippen MR) is 132 cm³/mol. The fourth-order valence-electron chi connectivity index (χ4n) is 4.70. The van der Waals surface area contributed by atoms with Gasteiger partial charge in [0.2, 0.25) is 21.8 Å². The van der Waals surface area contributed by atoms with E-state index in [-0.39, 0.29) is 28.7 Å². The van der Waals surface area contributed by atoms with E-state index in [0.29, 0.717) is 32.7 Å². The normalized spacial score (nSPS) is 19.0. The minimum absolute atomic E-state index is 0.0117. The summed E-state index contributed by atoms with van der Waals surface area (Å²) < 4.78 is 27.8. The van der Waals surface area contributed by atoms with Gasteiger partial charge in [-0.25, -0.2) is 8.42 Å². The molecule has 184 valence electrons. The van der Waals surface area contributed by atoms with E-state index in [1.54, 1.807) is 17.0 Å². The lowest BCUT2D eigenvalue weighted by Crippen LogP contribution is -2.53. The highest BCUT2D eigenvalue weighted by Crippen LogP contribution is 2.23. The average Bonchev–Trinajstić information content (AvgIpc) is 2.83. The Morgan fingerprint density at radius 1 is 0.941 bits per heavy atom. The molecule has 2 saturated heterocycles. The zero-order valence-corrected chi connectivity index (χ0v) is 20.8. The van der Waals surface area contributed by atoms with Gasteiger partial charge in [-0.05, 0) is 62.7 Å². The molecule has 34 heavy (non-hydrogen) atoms. The highest BCUT2D eigenvalue weighted by Gasteiger charge is 2.32. The summed E-state index contributed by atoms with van der Waals surface area (Å²) in [6, 6.07) is 13.0. The van der Waals surface area contributed by atoms with Crippen LogP contribution in [-0.2, 0) is 19.6 Å². The van der Waals surface area contributed by atoms with Crippen molar-refractivity contribution in [2.24, 2.45) is 5.92 Å². The van der Waals surface area contributed by atoms with Gasteiger partial charge in [0, 0.05) is 38.1 Å². The van der Waals surface area contributed by atoms with Crippen LogP contribution in [0.1, 0.15) is 26.7 Å². The fourth-order valence-corrected chi connectivity index (χ4v) is 6.16. The molecule has 9 heteroatoms. The van der Waals surface area contributed by atoms with E-state index >= 15 is 0 Å². The fraction of sp³-hybridized carbons (Fsp3) is 0.520. The Morgan fingerprint density at radius 3 is 2.24 bits per heavy atom. The van der Waals surface area contributed by atoms with E-state index < -0.39 is 10.0 Å². The van der Waals surface area contributed by atoms with Gasteiger partial charge >= 0.3 is 0 Å². The van der Waals surface area contributed by atoms with Gasteiger partial charge in [0.25, 0.3) is 0 Å². The minimum atomic E-state index is -3.61. The third-order valence-electron chi connectivity index (χ3n) is 6.70. The topological polar surface area (TPSA) is 90.0 Å². The molecular formula is C25H34N4O4S. The SMILES string of the molecule is CC(C)NC(=O)C1CCN(CC(=O)N2CCN(S(=O)(=O)c3ccc4ccccc4c3)CC2)CC1. The number of amides is 2. The number of sulfonamides is 1. The number of nitrogens with zero attached hydrogens (tertiary/aromatic N) is 3. The first-order chi connectivity index (χ1) is 16.2. The molecule has 2 fully saturated rings. The first kappa shape index (κ1) is 24.6. The quantitative estimate of drug-likeness (QED) is 0.674. The summed E-state index contributed by atoms with van der Waals surface area (Å²) in [6.45, 7) is 7.03. The molecule has 0 unspecified atom stereocenters. The summed E-state index contributed by atoms with van der Waals surface area (Å²) in [7, 11) is -3.61. The molecular weight excluding hydrogens is 452 g/mol. The standard InChI is InChI=1S/C25H34N4O4S/c1-19(2)26-25(31)21-9-11-27(12-10-21)18-24(30)28-13-15-29(16-14-28)34(32,33)23-8-7-20-5-3-4-6-22(20)17-23/h3-8,17,19,21H,9-16,18H2,1-2H3,(H,26,31). The maximum atomic E-state index is 13.2. The smallest absolute Gasteiger partial charge is 0.243 e. The van der Waals surface area contributed by atoms with Crippen LogP contribution in [0.2, 0.25) is 0 Å². The number of piperazine rings is 1. The number of carbonyl (C=O) groups excluding carboxylic acids is 2. The molecule has 0 aliphatic carbocycles. The van der Waals surface area contributed by atoms with Gasteiger partial charge in [-0.2, -0.15) is 4.31 Å². The van der Waals surface area contributed by atoms with Crippen LogP contribution in [0.15, 0.2) is 47.4 Å². The van der Waals surface area contributed by atoms with Crippen LogP contribution in [-0.4, -0.2) is 86.2 Å². The summed E-state index contributed by atoms with van der Waals surface area (Å²) in [6.07, 6.45) is 1.51.